The summed E-state index contributed by atoms with van der Waals surface area (Å²) in [5, 5.41) is 2.70. The molecule has 13 heavy (non-hydrogen) atoms. The average molecular weight is 198 g/mol. The third-order valence-electron chi connectivity index (χ3n) is 1.73. The molecule has 1 amide bonds. The number of amides is 1. The maximum atomic E-state index is 10.8. The van der Waals surface area contributed by atoms with E-state index >= 15 is 0 Å². The molecule has 0 radical (unpaired) electrons. The summed E-state index contributed by atoms with van der Waals surface area (Å²) in [4.78, 5) is 10.8. The first-order valence-corrected chi connectivity index (χ1v) is 4.64. The van der Waals surface area contributed by atoms with Crippen molar-refractivity contribution in [3.05, 3.63) is 35.4 Å². The summed E-state index contributed by atoms with van der Waals surface area (Å²) in [7, 11) is 0. The fourth-order valence-electron chi connectivity index (χ4n) is 0.954. The highest BCUT2D eigenvalue weighted by molar-refractivity contribution is 6.27. The van der Waals surface area contributed by atoms with Crippen LogP contribution in [0.2, 0.25) is 0 Å². The van der Waals surface area contributed by atoms with Crippen molar-refractivity contribution in [1.82, 2.24) is 5.32 Å². The molecule has 2 nitrogen and oxygen atoms in total. The van der Waals surface area contributed by atoms with E-state index in [9.17, 15) is 4.79 Å². The van der Waals surface area contributed by atoms with Gasteiger partial charge in [-0.2, -0.15) is 0 Å². The van der Waals surface area contributed by atoms with E-state index in [2.05, 4.69) is 5.32 Å². The van der Waals surface area contributed by atoms with Crippen LogP contribution in [0.15, 0.2) is 24.3 Å². The molecule has 1 rings (SSSR count). The van der Waals surface area contributed by atoms with Crippen molar-refractivity contribution in [2.75, 3.05) is 5.88 Å². The van der Waals surface area contributed by atoms with Crippen LogP contribution in [0.25, 0.3) is 0 Å². The fraction of sp³-hybridized carbons (Fsp3) is 0.300. The van der Waals surface area contributed by atoms with Crippen LogP contribution in [0, 0.1) is 6.92 Å². The summed E-state index contributed by atoms with van der Waals surface area (Å²) in [6.45, 7) is 2.58. The lowest BCUT2D eigenvalue weighted by molar-refractivity contribution is -0.118. The van der Waals surface area contributed by atoms with Crippen LogP contribution >= 0.6 is 11.6 Å². The molecule has 3 heteroatoms. The maximum Gasteiger partial charge on any atom is 0.235 e. The van der Waals surface area contributed by atoms with E-state index in [4.69, 9.17) is 11.6 Å². The van der Waals surface area contributed by atoms with Gasteiger partial charge in [-0.15, -0.1) is 11.6 Å². The smallest absolute Gasteiger partial charge is 0.235 e. The molecule has 1 aromatic carbocycles. The Labute approximate surface area is 82.9 Å². The molecule has 0 aromatic heterocycles. The largest absolute Gasteiger partial charge is 0.351 e. The van der Waals surface area contributed by atoms with Crippen molar-refractivity contribution in [3.63, 3.8) is 0 Å². The van der Waals surface area contributed by atoms with Gasteiger partial charge in [0.25, 0.3) is 0 Å². The zero-order chi connectivity index (χ0) is 9.68. The lowest BCUT2D eigenvalue weighted by atomic mass is 10.1. The number of carbonyl (C=O) groups is 1. The standard InChI is InChI=1S/C10H12ClNO/c1-8-2-4-9(5-3-8)7-12-10(13)6-11/h2-5H,6-7H2,1H3,(H,12,13). The Kier molecular flexibility index (Phi) is 3.77. The van der Waals surface area contributed by atoms with E-state index < -0.39 is 0 Å². The van der Waals surface area contributed by atoms with Crippen molar-refractivity contribution in [3.8, 4) is 0 Å². The van der Waals surface area contributed by atoms with E-state index in [1.165, 1.54) is 5.56 Å². The minimum atomic E-state index is -0.137. The van der Waals surface area contributed by atoms with E-state index in [0.29, 0.717) is 6.54 Å². The molecule has 0 heterocycles. The molecule has 0 atom stereocenters. The van der Waals surface area contributed by atoms with Gasteiger partial charge in [0.05, 0.1) is 0 Å². The number of benzene rings is 1. The molecule has 0 saturated heterocycles. The highest BCUT2D eigenvalue weighted by Gasteiger charge is 1.97. The second-order valence-corrected chi connectivity index (χ2v) is 3.16. The van der Waals surface area contributed by atoms with Gasteiger partial charge in [-0.1, -0.05) is 29.8 Å². The van der Waals surface area contributed by atoms with Crippen LogP contribution in [0.4, 0.5) is 0 Å². The summed E-state index contributed by atoms with van der Waals surface area (Å²) >= 11 is 5.33. The lowest BCUT2D eigenvalue weighted by Gasteiger charge is -2.02. The fourth-order valence-corrected chi connectivity index (χ4v) is 1.05. The highest BCUT2D eigenvalue weighted by Crippen LogP contribution is 2.02. The number of carbonyl (C=O) groups excluding carboxylic acids is 1. The molecule has 70 valence electrons. The molecule has 0 fully saturated rings. The average Bonchev–Trinajstić information content (AvgIpc) is 2.16. The molecule has 0 saturated carbocycles. The molecule has 0 aliphatic heterocycles. The number of rotatable bonds is 3. The molecule has 0 aliphatic carbocycles. The summed E-state index contributed by atoms with van der Waals surface area (Å²) in [5.41, 5.74) is 2.30. The minimum Gasteiger partial charge on any atom is -0.351 e. The predicted molar refractivity (Wildman–Crippen MR) is 53.7 cm³/mol. The Morgan fingerprint density at radius 1 is 1.38 bits per heavy atom. The molecule has 0 unspecified atom stereocenters. The normalized spacial score (nSPS) is 9.69. The van der Waals surface area contributed by atoms with Crippen LogP contribution in [0.5, 0.6) is 0 Å². The van der Waals surface area contributed by atoms with Crippen LogP contribution < -0.4 is 5.32 Å². The van der Waals surface area contributed by atoms with Crippen LogP contribution in [-0.4, -0.2) is 11.8 Å². The zero-order valence-electron chi connectivity index (χ0n) is 7.51. The van der Waals surface area contributed by atoms with Gasteiger partial charge < -0.3 is 5.32 Å². The highest BCUT2D eigenvalue weighted by atomic mass is 35.5. The Hall–Kier alpha value is -1.02. The van der Waals surface area contributed by atoms with Gasteiger partial charge in [0, 0.05) is 6.54 Å². The first kappa shape index (κ1) is 10.1. The first-order valence-electron chi connectivity index (χ1n) is 4.10. The molecular formula is C10H12ClNO. The zero-order valence-corrected chi connectivity index (χ0v) is 8.27. The third-order valence-corrected chi connectivity index (χ3v) is 1.97. The number of hydrogen-bond donors (Lipinski definition) is 1. The van der Waals surface area contributed by atoms with Crippen LogP contribution in [-0.2, 0) is 11.3 Å². The SMILES string of the molecule is Cc1ccc(CNC(=O)CCl)cc1. The van der Waals surface area contributed by atoms with E-state index in [1.807, 2.05) is 31.2 Å². The number of nitrogens with one attached hydrogen (secondary N) is 1. The van der Waals surface area contributed by atoms with Gasteiger partial charge in [-0.3, -0.25) is 4.79 Å². The van der Waals surface area contributed by atoms with Crippen molar-refractivity contribution in [2.24, 2.45) is 0 Å². The van der Waals surface area contributed by atoms with Gasteiger partial charge in [0.15, 0.2) is 0 Å². The Bertz CT molecular complexity index is 281. The lowest BCUT2D eigenvalue weighted by Crippen LogP contribution is -2.23. The first-order chi connectivity index (χ1) is 6.22. The summed E-state index contributed by atoms with van der Waals surface area (Å²) in [5.74, 6) is -0.117. The number of halogens is 1. The molecular weight excluding hydrogens is 186 g/mol. The Balaban J connectivity index is 2.46. The number of alkyl halides is 1. The van der Waals surface area contributed by atoms with Crippen molar-refractivity contribution < 1.29 is 4.79 Å². The van der Waals surface area contributed by atoms with Crippen LogP contribution in [0.1, 0.15) is 11.1 Å². The number of hydrogen-bond acceptors (Lipinski definition) is 1. The van der Waals surface area contributed by atoms with Crippen molar-refractivity contribution >= 4 is 17.5 Å². The minimum absolute atomic E-state index is 0.0197. The Morgan fingerprint density at radius 2 is 2.00 bits per heavy atom. The monoisotopic (exact) mass is 197 g/mol. The van der Waals surface area contributed by atoms with Gasteiger partial charge in [-0.25, -0.2) is 0 Å². The van der Waals surface area contributed by atoms with E-state index in [-0.39, 0.29) is 11.8 Å². The summed E-state index contributed by atoms with van der Waals surface area (Å²) < 4.78 is 0. The quantitative estimate of drug-likeness (QED) is 0.737. The maximum absolute atomic E-state index is 10.8. The Morgan fingerprint density at radius 3 is 2.54 bits per heavy atom. The van der Waals surface area contributed by atoms with Gasteiger partial charge >= 0.3 is 0 Å². The predicted octanol–water partition coefficient (Wildman–Crippen LogP) is 1.85. The van der Waals surface area contributed by atoms with Gasteiger partial charge in [-0.05, 0) is 12.5 Å². The molecule has 1 aromatic rings. The second kappa shape index (κ2) is 4.87. The van der Waals surface area contributed by atoms with Crippen molar-refractivity contribution in [1.29, 1.82) is 0 Å². The third kappa shape index (κ3) is 3.47. The van der Waals surface area contributed by atoms with E-state index in [1.54, 1.807) is 0 Å². The van der Waals surface area contributed by atoms with E-state index in [0.717, 1.165) is 5.56 Å². The van der Waals surface area contributed by atoms with Gasteiger partial charge in [0.2, 0.25) is 5.91 Å². The molecule has 1 N–H and O–H groups in total. The molecule has 0 spiro atoms. The number of aryl methyl sites for hydroxylation is 1. The van der Waals surface area contributed by atoms with Crippen molar-refractivity contribution in [2.45, 2.75) is 13.5 Å². The molecule has 0 aliphatic rings. The second-order valence-electron chi connectivity index (χ2n) is 2.90. The topological polar surface area (TPSA) is 29.1 Å². The van der Waals surface area contributed by atoms with Crippen LogP contribution in [0.3, 0.4) is 0 Å². The molecule has 0 bridgehead atoms. The summed E-state index contributed by atoms with van der Waals surface area (Å²) in [6, 6.07) is 8.01. The van der Waals surface area contributed by atoms with Gasteiger partial charge in [0.1, 0.15) is 5.88 Å². The summed E-state index contributed by atoms with van der Waals surface area (Å²) in [6.07, 6.45) is 0.